The number of rotatable bonds is 9. The Morgan fingerprint density at radius 2 is 1.95 bits per heavy atom. The lowest BCUT2D eigenvalue weighted by Crippen LogP contribution is -2.24. The summed E-state index contributed by atoms with van der Waals surface area (Å²) < 4.78 is 0. The van der Waals surface area contributed by atoms with E-state index in [0.29, 0.717) is 5.92 Å². The second-order valence-electron chi connectivity index (χ2n) is 6.03. The van der Waals surface area contributed by atoms with Gasteiger partial charge in [0, 0.05) is 25.8 Å². The standard InChI is InChI=1S/C17H31N3/c1-6-8-16-10-15(12-18-9-7-2)11-17(19-16)20(5)13-14(3)4/h10-11,14,18H,6-9,12-13H2,1-5H3. The van der Waals surface area contributed by atoms with Gasteiger partial charge in [-0.25, -0.2) is 4.98 Å². The van der Waals surface area contributed by atoms with Crippen LogP contribution in [0.15, 0.2) is 12.1 Å². The monoisotopic (exact) mass is 277 g/mol. The Morgan fingerprint density at radius 1 is 1.20 bits per heavy atom. The first-order valence-corrected chi connectivity index (χ1v) is 7.98. The van der Waals surface area contributed by atoms with Crippen molar-refractivity contribution in [1.82, 2.24) is 10.3 Å². The molecule has 1 rings (SSSR count). The molecular formula is C17H31N3. The lowest BCUT2D eigenvalue weighted by Gasteiger charge is -2.22. The minimum absolute atomic E-state index is 0.651. The van der Waals surface area contributed by atoms with Crippen molar-refractivity contribution < 1.29 is 0 Å². The molecule has 0 amide bonds. The first-order chi connectivity index (χ1) is 9.56. The maximum atomic E-state index is 4.80. The van der Waals surface area contributed by atoms with Crippen LogP contribution in [0.25, 0.3) is 0 Å². The molecular weight excluding hydrogens is 246 g/mol. The topological polar surface area (TPSA) is 28.2 Å². The van der Waals surface area contributed by atoms with E-state index in [0.717, 1.165) is 38.3 Å². The normalized spacial score (nSPS) is 11.1. The molecule has 0 unspecified atom stereocenters. The van der Waals surface area contributed by atoms with Crippen LogP contribution in [0.4, 0.5) is 5.82 Å². The third kappa shape index (κ3) is 5.91. The molecule has 1 heterocycles. The zero-order valence-electron chi connectivity index (χ0n) is 13.9. The molecule has 0 radical (unpaired) electrons. The number of aromatic nitrogens is 1. The number of anilines is 1. The van der Waals surface area contributed by atoms with Crippen molar-refractivity contribution in [2.24, 2.45) is 5.92 Å². The van der Waals surface area contributed by atoms with Crippen LogP contribution in [-0.4, -0.2) is 25.1 Å². The maximum absolute atomic E-state index is 4.80. The van der Waals surface area contributed by atoms with Crippen molar-refractivity contribution in [3.8, 4) is 0 Å². The number of hydrogen-bond acceptors (Lipinski definition) is 3. The summed E-state index contributed by atoms with van der Waals surface area (Å²) in [7, 11) is 2.14. The summed E-state index contributed by atoms with van der Waals surface area (Å²) >= 11 is 0. The Balaban J connectivity index is 2.85. The fraction of sp³-hybridized carbons (Fsp3) is 0.706. The number of nitrogens with zero attached hydrogens (tertiary/aromatic N) is 2. The van der Waals surface area contributed by atoms with Gasteiger partial charge in [-0.1, -0.05) is 34.1 Å². The SMILES string of the molecule is CCCNCc1cc(CCC)nc(N(C)CC(C)C)c1. The van der Waals surface area contributed by atoms with E-state index in [-0.39, 0.29) is 0 Å². The lowest BCUT2D eigenvalue weighted by molar-refractivity contribution is 0.632. The maximum Gasteiger partial charge on any atom is 0.128 e. The molecule has 3 heteroatoms. The molecule has 0 atom stereocenters. The van der Waals surface area contributed by atoms with Crippen molar-refractivity contribution in [2.75, 3.05) is 25.0 Å². The highest BCUT2D eigenvalue weighted by Crippen LogP contribution is 2.16. The summed E-state index contributed by atoms with van der Waals surface area (Å²) in [6, 6.07) is 4.48. The van der Waals surface area contributed by atoms with Crippen molar-refractivity contribution in [2.45, 2.75) is 53.5 Å². The molecule has 0 saturated carbocycles. The summed E-state index contributed by atoms with van der Waals surface area (Å²) in [6.45, 7) is 12.0. The van der Waals surface area contributed by atoms with E-state index < -0.39 is 0 Å². The summed E-state index contributed by atoms with van der Waals surface area (Å²) in [6.07, 6.45) is 3.38. The van der Waals surface area contributed by atoms with Crippen LogP contribution in [0.1, 0.15) is 51.8 Å². The smallest absolute Gasteiger partial charge is 0.128 e. The van der Waals surface area contributed by atoms with Gasteiger partial charge < -0.3 is 10.2 Å². The molecule has 0 saturated heterocycles. The van der Waals surface area contributed by atoms with E-state index in [1.807, 2.05) is 0 Å². The van der Waals surface area contributed by atoms with Crippen molar-refractivity contribution in [1.29, 1.82) is 0 Å². The van der Waals surface area contributed by atoms with Gasteiger partial charge in [0.1, 0.15) is 5.82 Å². The molecule has 0 aromatic carbocycles. The summed E-state index contributed by atoms with van der Waals surface area (Å²) in [5.41, 5.74) is 2.57. The van der Waals surface area contributed by atoms with Gasteiger partial charge in [-0.05, 0) is 43.0 Å². The van der Waals surface area contributed by atoms with E-state index in [1.165, 1.54) is 17.7 Å². The zero-order chi connectivity index (χ0) is 15.0. The molecule has 1 N–H and O–H groups in total. The first kappa shape index (κ1) is 17.0. The quantitative estimate of drug-likeness (QED) is 0.699. The van der Waals surface area contributed by atoms with Crippen molar-refractivity contribution in [3.05, 3.63) is 23.4 Å². The van der Waals surface area contributed by atoms with Gasteiger partial charge in [0.2, 0.25) is 0 Å². The van der Waals surface area contributed by atoms with Crippen molar-refractivity contribution >= 4 is 5.82 Å². The van der Waals surface area contributed by atoms with Gasteiger partial charge in [-0.2, -0.15) is 0 Å². The first-order valence-electron chi connectivity index (χ1n) is 7.98. The molecule has 1 aromatic rings. The van der Waals surface area contributed by atoms with Crippen LogP contribution < -0.4 is 10.2 Å². The second-order valence-corrected chi connectivity index (χ2v) is 6.03. The molecule has 0 aliphatic rings. The summed E-state index contributed by atoms with van der Waals surface area (Å²) in [5, 5.41) is 3.48. The number of hydrogen-bond donors (Lipinski definition) is 1. The Hall–Kier alpha value is -1.09. The largest absolute Gasteiger partial charge is 0.359 e. The third-order valence-corrected chi connectivity index (χ3v) is 3.22. The lowest BCUT2D eigenvalue weighted by atomic mass is 10.1. The fourth-order valence-electron chi connectivity index (χ4n) is 2.37. The fourth-order valence-corrected chi connectivity index (χ4v) is 2.37. The van der Waals surface area contributed by atoms with E-state index in [1.54, 1.807) is 0 Å². The molecule has 0 bridgehead atoms. The van der Waals surface area contributed by atoms with Crippen LogP contribution in [0, 0.1) is 5.92 Å². The second kappa shape index (κ2) is 8.96. The highest BCUT2D eigenvalue weighted by Gasteiger charge is 2.08. The number of aryl methyl sites for hydroxylation is 1. The van der Waals surface area contributed by atoms with Gasteiger partial charge in [0.25, 0.3) is 0 Å². The molecule has 1 aromatic heterocycles. The van der Waals surface area contributed by atoms with E-state index >= 15 is 0 Å². The van der Waals surface area contributed by atoms with Crippen LogP contribution >= 0.6 is 0 Å². The summed E-state index contributed by atoms with van der Waals surface area (Å²) in [4.78, 5) is 7.07. The molecule has 0 aliphatic carbocycles. The van der Waals surface area contributed by atoms with Crippen LogP contribution in [0.5, 0.6) is 0 Å². The Morgan fingerprint density at radius 3 is 2.55 bits per heavy atom. The van der Waals surface area contributed by atoms with Gasteiger partial charge >= 0.3 is 0 Å². The number of pyridine rings is 1. The van der Waals surface area contributed by atoms with E-state index in [9.17, 15) is 0 Å². The minimum atomic E-state index is 0.651. The molecule has 114 valence electrons. The Kier molecular flexibility index (Phi) is 7.60. The van der Waals surface area contributed by atoms with Gasteiger partial charge in [-0.15, -0.1) is 0 Å². The Labute approximate surface area is 124 Å². The summed E-state index contributed by atoms with van der Waals surface area (Å²) in [5.74, 6) is 1.76. The minimum Gasteiger partial charge on any atom is -0.359 e. The van der Waals surface area contributed by atoms with Crippen LogP contribution in [0.3, 0.4) is 0 Å². The van der Waals surface area contributed by atoms with Gasteiger partial charge in [0.05, 0.1) is 0 Å². The predicted octanol–water partition coefficient (Wildman–Crippen LogP) is 3.63. The van der Waals surface area contributed by atoms with E-state index in [2.05, 4.69) is 57.1 Å². The van der Waals surface area contributed by atoms with Gasteiger partial charge in [-0.3, -0.25) is 0 Å². The third-order valence-electron chi connectivity index (χ3n) is 3.22. The molecule has 3 nitrogen and oxygen atoms in total. The van der Waals surface area contributed by atoms with Crippen LogP contribution in [-0.2, 0) is 13.0 Å². The Bertz CT molecular complexity index is 388. The van der Waals surface area contributed by atoms with Crippen molar-refractivity contribution in [3.63, 3.8) is 0 Å². The number of nitrogens with one attached hydrogen (secondary N) is 1. The molecule has 0 aliphatic heterocycles. The average Bonchev–Trinajstić information content (AvgIpc) is 2.38. The molecule has 0 fully saturated rings. The molecule has 0 spiro atoms. The zero-order valence-corrected chi connectivity index (χ0v) is 13.9. The highest BCUT2D eigenvalue weighted by atomic mass is 15.2. The van der Waals surface area contributed by atoms with Crippen LogP contribution in [0.2, 0.25) is 0 Å². The van der Waals surface area contributed by atoms with Gasteiger partial charge in [0.15, 0.2) is 0 Å². The predicted molar refractivity (Wildman–Crippen MR) is 88.3 cm³/mol. The highest BCUT2D eigenvalue weighted by molar-refractivity contribution is 5.42. The average molecular weight is 277 g/mol. The molecule has 20 heavy (non-hydrogen) atoms. The van der Waals surface area contributed by atoms with E-state index in [4.69, 9.17) is 4.98 Å².